The van der Waals surface area contributed by atoms with Gasteiger partial charge in [-0.3, -0.25) is 4.79 Å². The molecule has 2 heterocycles. The number of carbonyl (C=O) groups excluding carboxylic acids is 1. The highest BCUT2D eigenvalue weighted by atomic mass is 16.5. The quantitative estimate of drug-likeness (QED) is 0.450. The Bertz CT molecular complexity index is 1170. The molecule has 1 amide bonds. The summed E-state index contributed by atoms with van der Waals surface area (Å²) < 4.78 is 23.2. The maximum Gasteiger partial charge on any atom is 0.270 e. The highest BCUT2D eigenvalue weighted by molar-refractivity contribution is 5.94. The number of hydrogen-bond acceptors (Lipinski definition) is 6. The van der Waals surface area contributed by atoms with E-state index in [1.54, 1.807) is 62.6 Å². The highest BCUT2D eigenvalue weighted by Gasteiger charge is 2.19. The Morgan fingerprint density at radius 2 is 1.69 bits per heavy atom. The lowest BCUT2D eigenvalue weighted by Crippen LogP contribution is -2.25. The average Bonchev–Trinajstić information content (AvgIpc) is 3.52. The van der Waals surface area contributed by atoms with Crippen LogP contribution in [0.25, 0.3) is 17.1 Å². The zero-order valence-electron chi connectivity index (χ0n) is 18.0. The molecule has 2 aromatic heterocycles. The van der Waals surface area contributed by atoms with Gasteiger partial charge in [0.1, 0.15) is 11.4 Å². The lowest BCUT2D eigenvalue weighted by atomic mass is 10.1. The Morgan fingerprint density at radius 3 is 2.28 bits per heavy atom. The van der Waals surface area contributed by atoms with Crippen LogP contribution < -0.4 is 19.5 Å². The fraction of sp³-hybridized carbons (Fsp3) is 0.167. The Balaban J connectivity index is 1.62. The van der Waals surface area contributed by atoms with Gasteiger partial charge in [0.05, 0.1) is 33.3 Å². The number of rotatable bonds is 8. The van der Waals surface area contributed by atoms with Gasteiger partial charge in [-0.05, 0) is 42.0 Å². The molecule has 0 aliphatic carbocycles. The van der Waals surface area contributed by atoms with E-state index in [4.69, 9.17) is 18.6 Å². The molecular weight excluding hydrogens is 410 g/mol. The molecule has 0 bridgehead atoms. The molecule has 2 aromatic carbocycles. The minimum absolute atomic E-state index is 0.256. The van der Waals surface area contributed by atoms with Crippen molar-refractivity contribution in [3.63, 3.8) is 0 Å². The summed E-state index contributed by atoms with van der Waals surface area (Å²) in [5.74, 6) is 1.83. The van der Waals surface area contributed by atoms with E-state index in [1.165, 1.54) is 0 Å². The van der Waals surface area contributed by atoms with Crippen LogP contribution in [0.1, 0.15) is 16.1 Å². The van der Waals surface area contributed by atoms with Gasteiger partial charge in [0, 0.05) is 12.6 Å². The van der Waals surface area contributed by atoms with Gasteiger partial charge in [-0.25, -0.2) is 4.68 Å². The molecule has 0 radical (unpaired) electrons. The van der Waals surface area contributed by atoms with Gasteiger partial charge in [0.15, 0.2) is 17.3 Å². The van der Waals surface area contributed by atoms with Gasteiger partial charge in [-0.2, -0.15) is 5.10 Å². The maximum absolute atomic E-state index is 13.1. The van der Waals surface area contributed by atoms with Crippen molar-refractivity contribution >= 4 is 5.91 Å². The SMILES string of the molecule is COc1cc(CNC(=O)c2cc(-c3ccco3)nn2-c2ccccc2)cc(OC)c1OC. The summed E-state index contributed by atoms with van der Waals surface area (Å²) in [6.07, 6.45) is 1.57. The van der Waals surface area contributed by atoms with Crippen molar-refractivity contribution in [1.29, 1.82) is 0 Å². The van der Waals surface area contributed by atoms with Gasteiger partial charge in [0.25, 0.3) is 5.91 Å². The largest absolute Gasteiger partial charge is 0.493 e. The van der Waals surface area contributed by atoms with Crippen LogP contribution >= 0.6 is 0 Å². The molecular formula is C24H23N3O5. The molecule has 4 rings (SSSR count). The molecule has 0 spiro atoms. The summed E-state index contributed by atoms with van der Waals surface area (Å²) in [5, 5.41) is 7.52. The van der Waals surface area contributed by atoms with Crippen LogP contribution in [0.15, 0.2) is 71.3 Å². The second-order valence-electron chi connectivity index (χ2n) is 6.86. The van der Waals surface area contributed by atoms with Gasteiger partial charge < -0.3 is 23.9 Å². The Kier molecular flexibility index (Phi) is 6.12. The summed E-state index contributed by atoms with van der Waals surface area (Å²) in [7, 11) is 4.64. The van der Waals surface area contributed by atoms with Crippen LogP contribution in [0.3, 0.4) is 0 Å². The summed E-state index contributed by atoms with van der Waals surface area (Å²) in [6.45, 7) is 0.256. The van der Waals surface area contributed by atoms with Gasteiger partial charge >= 0.3 is 0 Å². The predicted molar refractivity (Wildman–Crippen MR) is 119 cm³/mol. The monoisotopic (exact) mass is 433 g/mol. The molecule has 32 heavy (non-hydrogen) atoms. The van der Waals surface area contributed by atoms with Gasteiger partial charge in [0.2, 0.25) is 5.75 Å². The third-order valence-electron chi connectivity index (χ3n) is 4.89. The van der Waals surface area contributed by atoms with Crippen LogP contribution in [0.2, 0.25) is 0 Å². The van der Waals surface area contributed by atoms with E-state index >= 15 is 0 Å². The molecule has 0 unspecified atom stereocenters. The van der Waals surface area contributed by atoms with E-state index < -0.39 is 0 Å². The summed E-state index contributed by atoms with van der Waals surface area (Å²) >= 11 is 0. The minimum Gasteiger partial charge on any atom is -0.493 e. The van der Waals surface area contributed by atoms with Crippen LogP contribution in [-0.4, -0.2) is 37.0 Å². The normalized spacial score (nSPS) is 10.6. The zero-order valence-corrected chi connectivity index (χ0v) is 18.0. The third kappa shape index (κ3) is 4.15. The van der Waals surface area contributed by atoms with E-state index in [-0.39, 0.29) is 12.5 Å². The van der Waals surface area contributed by atoms with E-state index in [9.17, 15) is 4.79 Å². The van der Waals surface area contributed by atoms with Crippen LogP contribution in [-0.2, 0) is 6.54 Å². The minimum atomic E-state index is -0.284. The number of nitrogens with one attached hydrogen (secondary N) is 1. The van der Waals surface area contributed by atoms with Gasteiger partial charge in [-0.15, -0.1) is 0 Å². The summed E-state index contributed by atoms with van der Waals surface area (Å²) in [6, 6.07) is 18.3. The second-order valence-corrected chi connectivity index (χ2v) is 6.86. The number of nitrogens with zero attached hydrogens (tertiary/aromatic N) is 2. The van der Waals surface area contributed by atoms with Crippen molar-refractivity contribution in [2.24, 2.45) is 0 Å². The highest BCUT2D eigenvalue weighted by Crippen LogP contribution is 2.38. The first-order chi connectivity index (χ1) is 15.6. The number of carbonyl (C=O) groups is 1. The van der Waals surface area contributed by atoms with E-state index in [0.29, 0.717) is 34.4 Å². The van der Waals surface area contributed by atoms with E-state index in [1.807, 2.05) is 30.3 Å². The molecule has 8 nitrogen and oxygen atoms in total. The number of methoxy groups -OCH3 is 3. The second kappa shape index (κ2) is 9.30. The topological polar surface area (TPSA) is 87.8 Å². The number of ether oxygens (including phenoxy) is 3. The smallest absolute Gasteiger partial charge is 0.270 e. The molecule has 1 N–H and O–H groups in total. The van der Waals surface area contributed by atoms with Crippen molar-refractivity contribution in [2.75, 3.05) is 21.3 Å². The molecule has 0 aliphatic rings. The van der Waals surface area contributed by atoms with Crippen molar-refractivity contribution < 1.29 is 23.4 Å². The van der Waals surface area contributed by atoms with Crippen LogP contribution in [0, 0.1) is 0 Å². The standard InChI is InChI=1S/C24H23N3O5/c1-29-21-12-16(13-22(30-2)23(21)31-3)15-25-24(28)19-14-18(20-10-7-11-32-20)26-27(19)17-8-5-4-6-9-17/h4-14H,15H2,1-3H3,(H,25,28). The molecule has 0 aliphatic heterocycles. The molecule has 164 valence electrons. The average molecular weight is 433 g/mol. The van der Waals surface area contributed by atoms with Crippen molar-refractivity contribution in [3.05, 3.63) is 78.2 Å². The van der Waals surface area contributed by atoms with Crippen LogP contribution in [0.4, 0.5) is 0 Å². The number of furan rings is 1. The molecule has 0 fully saturated rings. The number of para-hydroxylation sites is 1. The van der Waals surface area contributed by atoms with E-state index in [2.05, 4.69) is 10.4 Å². The molecule has 4 aromatic rings. The Labute approximate surface area is 185 Å². The predicted octanol–water partition coefficient (Wildman–Crippen LogP) is 4.09. The first-order valence-corrected chi connectivity index (χ1v) is 9.91. The fourth-order valence-electron chi connectivity index (χ4n) is 3.36. The first kappa shape index (κ1) is 21.0. The lowest BCUT2D eigenvalue weighted by Gasteiger charge is -2.14. The van der Waals surface area contributed by atoms with Crippen molar-refractivity contribution in [3.8, 4) is 34.4 Å². The maximum atomic E-state index is 13.1. The zero-order chi connectivity index (χ0) is 22.5. The Hall–Kier alpha value is -4.20. The lowest BCUT2D eigenvalue weighted by molar-refractivity contribution is 0.0943. The Morgan fingerprint density at radius 1 is 0.969 bits per heavy atom. The third-order valence-corrected chi connectivity index (χ3v) is 4.89. The molecule has 0 atom stereocenters. The summed E-state index contributed by atoms with van der Waals surface area (Å²) in [5.41, 5.74) is 2.51. The van der Waals surface area contributed by atoms with Gasteiger partial charge in [-0.1, -0.05) is 18.2 Å². The first-order valence-electron chi connectivity index (χ1n) is 9.91. The van der Waals surface area contributed by atoms with Crippen molar-refractivity contribution in [2.45, 2.75) is 6.54 Å². The summed E-state index contributed by atoms with van der Waals surface area (Å²) in [4.78, 5) is 13.1. The van der Waals surface area contributed by atoms with E-state index in [0.717, 1.165) is 11.3 Å². The number of aromatic nitrogens is 2. The molecule has 0 saturated heterocycles. The van der Waals surface area contributed by atoms with Crippen LogP contribution in [0.5, 0.6) is 17.2 Å². The number of amides is 1. The number of benzene rings is 2. The molecule has 0 saturated carbocycles. The number of hydrogen-bond donors (Lipinski definition) is 1. The molecule has 8 heteroatoms. The van der Waals surface area contributed by atoms with Crippen molar-refractivity contribution in [1.82, 2.24) is 15.1 Å². The fourth-order valence-corrected chi connectivity index (χ4v) is 3.36.